The molecule has 88 valence electrons. The normalized spacial score (nSPS) is 54.5. The lowest BCUT2D eigenvalue weighted by Gasteiger charge is -2.08. The molecule has 0 bridgehead atoms. The SMILES string of the molecule is C1=CC23CCCC2(CCCC2CC2CC1)O3. The van der Waals surface area contributed by atoms with E-state index in [4.69, 9.17) is 4.74 Å². The van der Waals surface area contributed by atoms with E-state index in [1.54, 1.807) is 0 Å². The first kappa shape index (κ1) is 9.70. The lowest BCUT2D eigenvalue weighted by Crippen LogP contribution is -2.17. The van der Waals surface area contributed by atoms with Crippen LogP contribution in [0.2, 0.25) is 0 Å². The van der Waals surface area contributed by atoms with Crippen molar-refractivity contribution < 1.29 is 4.74 Å². The zero-order chi connectivity index (χ0) is 10.6. The van der Waals surface area contributed by atoms with E-state index in [-0.39, 0.29) is 5.60 Å². The van der Waals surface area contributed by atoms with Crippen molar-refractivity contribution >= 4 is 0 Å². The van der Waals surface area contributed by atoms with E-state index >= 15 is 0 Å². The Labute approximate surface area is 98.2 Å². The molecule has 1 nitrogen and oxygen atoms in total. The molecule has 4 atom stereocenters. The Balaban J connectivity index is 1.54. The van der Waals surface area contributed by atoms with Crippen molar-refractivity contribution in [2.75, 3.05) is 0 Å². The van der Waals surface area contributed by atoms with Gasteiger partial charge in [0.05, 0.1) is 0 Å². The quantitative estimate of drug-likeness (QED) is 0.444. The number of hydrogen-bond acceptors (Lipinski definition) is 1. The first-order valence-corrected chi connectivity index (χ1v) is 7.22. The Bertz CT molecular complexity index is 334. The van der Waals surface area contributed by atoms with E-state index in [9.17, 15) is 0 Å². The molecule has 16 heavy (non-hydrogen) atoms. The minimum Gasteiger partial charge on any atom is -0.358 e. The second-order valence-electron chi connectivity index (χ2n) is 6.47. The third-order valence-corrected chi connectivity index (χ3v) is 5.55. The van der Waals surface area contributed by atoms with Gasteiger partial charge in [-0.2, -0.15) is 0 Å². The monoisotopic (exact) mass is 218 g/mol. The third kappa shape index (κ3) is 1.27. The molecule has 1 aliphatic heterocycles. The number of epoxide rings is 1. The van der Waals surface area contributed by atoms with Gasteiger partial charge in [-0.05, 0) is 56.8 Å². The fourth-order valence-corrected chi connectivity index (χ4v) is 4.41. The predicted octanol–water partition coefficient (Wildman–Crippen LogP) is 3.83. The van der Waals surface area contributed by atoms with E-state index in [1.165, 1.54) is 57.8 Å². The average molecular weight is 218 g/mol. The second kappa shape index (κ2) is 3.13. The molecule has 1 saturated heterocycles. The van der Waals surface area contributed by atoms with Crippen molar-refractivity contribution in [3.63, 3.8) is 0 Å². The maximum atomic E-state index is 6.16. The molecule has 3 fully saturated rings. The zero-order valence-corrected chi connectivity index (χ0v) is 10.1. The molecule has 0 spiro atoms. The molecule has 3 aliphatic carbocycles. The van der Waals surface area contributed by atoms with Crippen LogP contribution in [0, 0.1) is 11.8 Å². The molecular formula is C15H22O. The second-order valence-corrected chi connectivity index (χ2v) is 6.47. The molecule has 0 N–H and O–H groups in total. The summed E-state index contributed by atoms with van der Waals surface area (Å²) in [6.45, 7) is 0. The van der Waals surface area contributed by atoms with Crippen molar-refractivity contribution in [3.8, 4) is 0 Å². The average Bonchev–Trinajstić information content (AvgIpc) is 3.12. The molecule has 1 heterocycles. The summed E-state index contributed by atoms with van der Waals surface area (Å²) in [4.78, 5) is 0. The van der Waals surface area contributed by atoms with Gasteiger partial charge in [0.1, 0.15) is 11.2 Å². The van der Waals surface area contributed by atoms with Crippen molar-refractivity contribution in [1.29, 1.82) is 0 Å². The maximum absolute atomic E-state index is 6.16. The number of allylic oxidation sites excluding steroid dienone is 1. The van der Waals surface area contributed by atoms with Gasteiger partial charge in [-0.25, -0.2) is 0 Å². The number of fused-ring (bicyclic) bond motifs is 1. The maximum Gasteiger partial charge on any atom is 0.116 e. The molecule has 0 aromatic carbocycles. The zero-order valence-electron chi connectivity index (χ0n) is 10.1. The third-order valence-electron chi connectivity index (χ3n) is 5.55. The summed E-state index contributed by atoms with van der Waals surface area (Å²) in [5.74, 6) is 2.16. The molecule has 4 aliphatic rings. The van der Waals surface area contributed by atoms with Gasteiger partial charge in [0, 0.05) is 0 Å². The van der Waals surface area contributed by atoms with E-state index in [0.29, 0.717) is 5.60 Å². The molecule has 0 aromatic rings. The van der Waals surface area contributed by atoms with E-state index in [1.807, 2.05) is 0 Å². The molecule has 0 aromatic heterocycles. The Hall–Kier alpha value is -0.300. The topological polar surface area (TPSA) is 12.5 Å². The van der Waals surface area contributed by atoms with Crippen molar-refractivity contribution in [3.05, 3.63) is 12.2 Å². The van der Waals surface area contributed by atoms with Gasteiger partial charge >= 0.3 is 0 Å². The first-order valence-electron chi connectivity index (χ1n) is 7.22. The lowest BCUT2D eigenvalue weighted by molar-refractivity contribution is 0.221. The number of ether oxygens (including phenoxy) is 1. The Morgan fingerprint density at radius 3 is 2.88 bits per heavy atom. The fourth-order valence-electron chi connectivity index (χ4n) is 4.41. The summed E-state index contributed by atoms with van der Waals surface area (Å²) < 4.78 is 6.16. The minimum atomic E-state index is 0.210. The highest BCUT2D eigenvalue weighted by atomic mass is 16.6. The van der Waals surface area contributed by atoms with Gasteiger partial charge in [0.2, 0.25) is 0 Å². The van der Waals surface area contributed by atoms with Gasteiger partial charge in [-0.3, -0.25) is 0 Å². The molecular weight excluding hydrogens is 196 g/mol. The van der Waals surface area contributed by atoms with Crippen molar-refractivity contribution in [1.82, 2.24) is 0 Å². The summed E-state index contributed by atoms with van der Waals surface area (Å²) in [5, 5.41) is 0. The van der Waals surface area contributed by atoms with Gasteiger partial charge in [0.15, 0.2) is 0 Å². The fraction of sp³-hybridized carbons (Fsp3) is 0.867. The van der Waals surface area contributed by atoms with E-state index < -0.39 is 0 Å². The highest BCUT2D eigenvalue weighted by Gasteiger charge is 2.70. The minimum absolute atomic E-state index is 0.210. The van der Waals surface area contributed by atoms with Crippen LogP contribution in [0.5, 0.6) is 0 Å². The molecule has 4 unspecified atom stereocenters. The summed E-state index contributed by atoms with van der Waals surface area (Å²) >= 11 is 0. The van der Waals surface area contributed by atoms with Crippen LogP contribution >= 0.6 is 0 Å². The molecule has 2 saturated carbocycles. The van der Waals surface area contributed by atoms with Gasteiger partial charge in [0.25, 0.3) is 0 Å². The summed E-state index contributed by atoms with van der Waals surface area (Å²) in [6, 6.07) is 0. The van der Waals surface area contributed by atoms with Crippen molar-refractivity contribution in [2.45, 2.75) is 69.0 Å². The summed E-state index contributed by atoms with van der Waals surface area (Å²) in [6.07, 6.45) is 17.3. The molecule has 1 heteroatoms. The van der Waals surface area contributed by atoms with E-state index in [0.717, 1.165) is 11.8 Å². The Morgan fingerprint density at radius 1 is 1.00 bits per heavy atom. The van der Waals surface area contributed by atoms with Gasteiger partial charge < -0.3 is 4.74 Å². The van der Waals surface area contributed by atoms with Gasteiger partial charge in [-0.1, -0.05) is 25.0 Å². The summed E-state index contributed by atoms with van der Waals surface area (Å²) in [7, 11) is 0. The van der Waals surface area contributed by atoms with Crippen LogP contribution in [-0.2, 0) is 4.74 Å². The standard InChI is InChI=1S/C15H22O/c1-2-7-14-9-4-10-15(14,16-14)8-3-6-13-11-12(13)5-1/h2,7,12-13H,1,3-6,8-11H2. The van der Waals surface area contributed by atoms with Crippen LogP contribution in [0.3, 0.4) is 0 Å². The molecule has 0 radical (unpaired) electrons. The Morgan fingerprint density at radius 2 is 1.88 bits per heavy atom. The highest BCUT2D eigenvalue weighted by Crippen LogP contribution is 2.63. The smallest absolute Gasteiger partial charge is 0.116 e. The largest absolute Gasteiger partial charge is 0.358 e. The van der Waals surface area contributed by atoms with Crippen LogP contribution < -0.4 is 0 Å². The van der Waals surface area contributed by atoms with Gasteiger partial charge in [-0.15, -0.1) is 0 Å². The Kier molecular flexibility index (Phi) is 1.90. The van der Waals surface area contributed by atoms with Crippen LogP contribution in [0.15, 0.2) is 12.2 Å². The van der Waals surface area contributed by atoms with Crippen molar-refractivity contribution in [2.24, 2.45) is 11.8 Å². The number of hydrogen-bond donors (Lipinski definition) is 0. The van der Waals surface area contributed by atoms with Crippen LogP contribution in [0.1, 0.15) is 57.8 Å². The van der Waals surface area contributed by atoms with Crippen LogP contribution in [0.4, 0.5) is 0 Å². The molecule has 4 rings (SSSR count). The van der Waals surface area contributed by atoms with E-state index in [2.05, 4.69) is 12.2 Å². The van der Waals surface area contributed by atoms with Crippen LogP contribution in [0.25, 0.3) is 0 Å². The highest BCUT2D eigenvalue weighted by molar-refractivity contribution is 5.28. The predicted molar refractivity (Wildman–Crippen MR) is 64.2 cm³/mol. The number of rotatable bonds is 0. The summed E-state index contributed by atoms with van der Waals surface area (Å²) in [5.41, 5.74) is 0.514. The molecule has 0 amide bonds. The lowest BCUT2D eigenvalue weighted by atomic mass is 9.90. The first-order chi connectivity index (χ1) is 7.84. The van der Waals surface area contributed by atoms with Crippen LogP contribution in [-0.4, -0.2) is 11.2 Å².